The molecule has 40 heavy (non-hydrogen) atoms. The van der Waals surface area contributed by atoms with E-state index in [1.807, 2.05) is 0 Å². The van der Waals surface area contributed by atoms with Crippen LogP contribution in [-0.2, 0) is 41.5 Å². The number of hydrogen-bond acceptors (Lipinski definition) is 0. The summed E-state index contributed by atoms with van der Waals surface area (Å²) in [6.45, 7) is 22.9. The van der Waals surface area contributed by atoms with Crippen LogP contribution >= 0.6 is 0 Å². The van der Waals surface area contributed by atoms with Gasteiger partial charge in [-0.25, -0.2) is 11.3 Å². The Labute approximate surface area is 274 Å². The third kappa shape index (κ3) is 10.6. The summed E-state index contributed by atoms with van der Waals surface area (Å²) in [4.78, 5) is 0. The first-order valence-electron chi connectivity index (χ1n) is 14.6. The van der Waals surface area contributed by atoms with Gasteiger partial charge in [0.25, 0.3) is 0 Å². The molecule has 0 spiro atoms. The topological polar surface area (TPSA) is 0 Å². The molecule has 0 saturated heterocycles. The third-order valence-electron chi connectivity index (χ3n) is 7.70. The minimum absolute atomic E-state index is 0. The Bertz CT molecular complexity index is 1180. The van der Waals surface area contributed by atoms with E-state index in [0.29, 0.717) is 0 Å². The van der Waals surface area contributed by atoms with Gasteiger partial charge in [0.15, 0.2) is 0 Å². The summed E-state index contributed by atoms with van der Waals surface area (Å²) in [5, 5.41) is 1.57. The van der Waals surface area contributed by atoms with Crippen molar-refractivity contribution in [2.75, 3.05) is 0 Å². The van der Waals surface area contributed by atoms with Gasteiger partial charge in [-0.1, -0.05) is 91.9 Å². The van der Waals surface area contributed by atoms with Crippen LogP contribution in [0.3, 0.4) is 0 Å². The first kappa shape index (κ1) is 37.4. The van der Waals surface area contributed by atoms with E-state index in [1.165, 1.54) is 71.0 Å². The molecule has 1 saturated carbocycles. The second-order valence-electron chi connectivity index (χ2n) is 14.4. The fourth-order valence-corrected chi connectivity index (χ4v) is 7.15. The van der Waals surface area contributed by atoms with Crippen molar-refractivity contribution in [3.63, 3.8) is 0 Å². The molecule has 0 aromatic heterocycles. The van der Waals surface area contributed by atoms with Crippen LogP contribution in [0.5, 0.6) is 0 Å². The van der Waals surface area contributed by atoms with E-state index in [1.54, 1.807) is 32.6 Å². The van der Waals surface area contributed by atoms with Crippen LogP contribution in [0.1, 0.15) is 101 Å². The zero-order chi connectivity index (χ0) is 28.3. The molecule has 0 bridgehead atoms. The molecular weight excluding hydrogens is 623 g/mol. The molecule has 0 radical (unpaired) electrons. The van der Waals surface area contributed by atoms with Gasteiger partial charge in [-0.15, -0.1) is 11.1 Å². The quantitative estimate of drug-likeness (QED) is 0.214. The van der Waals surface area contributed by atoms with Crippen molar-refractivity contribution in [1.82, 2.24) is 0 Å². The summed E-state index contributed by atoms with van der Waals surface area (Å²) in [6.07, 6.45) is 8.34. The zero-order valence-electron chi connectivity index (χ0n) is 26.6. The van der Waals surface area contributed by atoms with Gasteiger partial charge in [-0.2, -0.15) is 41.5 Å². The summed E-state index contributed by atoms with van der Waals surface area (Å²) in [5.74, 6) is 0. The van der Waals surface area contributed by atoms with Crippen LogP contribution in [0.25, 0.3) is 11.1 Å². The summed E-state index contributed by atoms with van der Waals surface area (Å²) in [5.41, 5.74) is 10.1. The van der Waals surface area contributed by atoms with Crippen molar-refractivity contribution in [3.05, 3.63) is 82.4 Å². The molecule has 3 aromatic rings. The minimum atomic E-state index is -1.01. The van der Waals surface area contributed by atoms with Gasteiger partial charge in [-0.05, 0) is 28.4 Å². The molecule has 0 nitrogen and oxygen atoms in total. The molecule has 0 atom stereocenters. The predicted molar refractivity (Wildman–Crippen MR) is 169 cm³/mol. The van der Waals surface area contributed by atoms with E-state index in [4.69, 9.17) is 0 Å². The van der Waals surface area contributed by atoms with Gasteiger partial charge in [-0.3, -0.25) is 0 Å². The van der Waals surface area contributed by atoms with Gasteiger partial charge in [0.2, 0.25) is 0 Å². The second-order valence-corrected chi connectivity index (χ2v) is 21.2. The molecule has 0 aliphatic heterocycles. The Kier molecular flexibility index (Phi) is 14.2. The van der Waals surface area contributed by atoms with Crippen LogP contribution in [0.15, 0.2) is 48.5 Å². The second kappa shape index (κ2) is 15.2. The van der Waals surface area contributed by atoms with E-state index in [0.717, 1.165) is 6.42 Å². The summed E-state index contributed by atoms with van der Waals surface area (Å²) in [6, 6.07) is 21.9. The Hall–Kier alpha value is -0.660. The predicted octanol–water partition coefficient (Wildman–Crippen LogP) is 3.59. The Morgan fingerprint density at radius 1 is 0.800 bits per heavy atom. The maximum absolute atomic E-state index is 3.67. The van der Waals surface area contributed by atoms with Gasteiger partial charge >= 0.3 is 59.5 Å². The van der Waals surface area contributed by atoms with Crippen LogP contribution in [0.4, 0.5) is 0 Å². The Morgan fingerprint density at radius 2 is 1.40 bits per heavy atom. The molecule has 5 rings (SSSR count). The number of fused-ring (bicyclic) bond motifs is 3. The van der Waals surface area contributed by atoms with E-state index in [9.17, 15) is 0 Å². The Morgan fingerprint density at radius 3 is 1.82 bits per heavy atom. The molecule has 0 unspecified atom stereocenters. The molecule has 2 aliphatic rings. The van der Waals surface area contributed by atoms with Crippen molar-refractivity contribution in [1.29, 1.82) is 0 Å². The fourth-order valence-electron chi connectivity index (χ4n) is 5.04. The molecule has 0 amide bonds. The first-order valence-corrected chi connectivity index (χ1v) is 19.3. The number of benzene rings is 2. The molecule has 2 aliphatic carbocycles. The molecule has 0 heterocycles. The molecule has 0 N–H and O–H groups in total. The third-order valence-corrected chi connectivity index (χ3v) is 11.0. The van der Waals surface area contributed by atoms with Gasteiger partial charge in [0, 0.05) is 8.07 Å². The van der Waals surface area contributed by atoms with E-state index < -0.39 is 8.07 Å². The van der Waals surface area contributed by atoms with Crippen molar-refractivity contribution >= 4 is 16.5 Å². The van der Waals surface area contributed by atoms with Crippen molar-refractivity contribution in [3.8, 4) is 11.1 Å². The molecule has 3 aromatic carbocycles. The maximum atomic E-state index is 3.67. The van der Waals surface area contributed by atoms with Crippen LogP contribution in [0.2, 0.25) is 19.6 Å². The molecule has 1 fully saturated rings. The van der Waals surface area contributed by atoms with Crippen molar-refractivity contribution < 1.29 is 49.0 Å². The monoisotopic (exact) mass is 670 g/mol. The Balaban J connectivity index is 0.000000351. The SMILES string of the molecule is CC(C)(C)c1[c-]c2c(cc1)-c1ccc(C(C)(C)C)cc1C2.Cc1cc([Si](C)(C)C)c[cH-]1.[Cl-].[Cl-].[Zr+2]=[C]1CCCCC1. The van der Waals surface area contributed by atoms with Crippen LogP contribution in [0, 0.1) is 13.0 Å². The molecular formula is C36H50Cl2SiZr-2. The van der Waals surface area contributed by atoms with E-state index >= 15 is 0 Å². The standard InChI is InChI=1S/C21H25.C9H15Si.C6H10.2ClH.Zr/c1-20(2,3)16-7-9-18-14(12-16)11-15-13-17(21(4,5)6)8-10-19(15)18;1-8-5-6-9(7-8)10(2,3)4;1-2-4-6-5-3-1;;;/h7-10,12H,11H2,1-6H3;5-7H,1-4H3;1-5H2;2*1H;/q2*-1;;;;+2/p-2. The number of hydrogen-bond donors (Lipinski definition) is 0. The number of aryl methyl sites for hydroxylation is 1. The average molecular weight is 673 g/mol. The van der Waals surface area contributed by atoms with Gasteiger partial charge in [0.05, 0.1) is 0 Å². The van der Waals surface area contributed by atoms with Crippen molar-refractivity contribution in [2.45, 2.75) is 117 Å². The van der Waals surface area contributed by atoms with Gasteiger partial charge < -0.3 is 24.8 Å². The molecule has 4 heteroatoms. The normalized spacial score (nSPS) is 14.3. The summed E-state index contributed by atoms with van der Waals surface area (Å²) in [7, 11) is -1.01. The van der Waals surface area contributed by atoms with E-state index in [-0.39, 0.29) is 35.6 Å². The van der Waals surface area contributed by atoms with Crippen molar-refractivity contribution in [2.24, 2.45) is 0 Å². The fraction of sp³-hybridized carbons (Fsp3) is 0.500. The van der Waals surface area contributed by atoms with E-state index in [2.05, 4.69) is 123 Å². The number of rotatable bonds is 1. The zero-order valence-corrected chi connectivity index (χ0v) is 31.6. The summed E-state index contributed by atoms with van der Waals surface area (Å²) < 4.78 is 1.80. The summed E-state index contributed by atoms with van der Waals surface area (Å²) >= 11 is 1.69. The number of halogens is 2. The van der Waals surface area contributed by atoms with Crippen LogP contribution < -0.4 is 30.0 Å². The van der Waals surface area contributed by atoms with Crippen LogP contribution in [-0.4, -0.2) is 11.3 Å². The molecule has 218 valence electrons. The van der Waals surface area contributed by atoms with Gasteiger partial charge in [0.1, 0.15) is 0 Å². The first-order chi connectivity index (χ1) is 17.6. The average Bonchev–Trinajstić information content (AvgIpc) is 3.42.